The number of benzene rings is 2. The summed E-state index contributed by atoms with van der Waals surface area (Å²) in [6, 6.07) is 9.23. The molecule has 0 atom stereocenters. The van der Waals surface area contributed by atoms with E-state index in [1.165, 1.54) is 35.5 Å². The largest absolute Gasteiger partial charge is 0.324 e. The Morgan fingerprint density at radius 3 is 2.79 bits per heavy atom. The first-order valence-electron chi connectivity index (χ1n) is 6.92. The molecule has 0 saturated carbocycles. The predicted molar refractivity (Wildman–Crippen MR) is 90.1 cm³/mol. The van der Waals surface area contributed by atoms with Crippen LogP contribution in [0.25, 0.3) is 5.69 Å². The van der Waals surface area contributed by atoms with Gasteiger partial charge in [-0.3, -0.25) is 4.79 Å². The van der Waals surface area contributed by atoms with E-state index in [0.29, 0.717) is 16.4 Å². The molecule has 0 spiro atoms. The molecule has 1 N–H and O–H groups in total. The molecule has 8 heteroatoms. The molecule has 24 heavy (non-hydrogen) atoms. The maximum atomic E-state index is 13.8. The monoisotopic (exact) mass is 364 g/mol. The summed E-state index contributed by atoms with van der Waals surface area (Å²) in [5.41, 5.74) is 1.16. The SMILES string of the molecule is O=C(Cc1c(F)cccc1Cl)Nc1cc(Cl)ccc1-n1cncn1. The summed E-state index contributed by atoms with van der Waals surface area (Å²) >= 11 is 11.9. The summed E-state index contributed by atoms with van der Waals surface area (Å²) in [6.07, 6.45) is 2.67. The Hall–Kier alpha value is -2.44. The molecular formula is C16H11Cl2FN4O. The lowest BCUT2D eigenvalue weighted by Crippen LogP contribution is -2.17. The summed E-state index contributed by atoms with van der Waals surface area (Å²) in [6.45, 7) is 0. The molecule has 1 heterocycles. The lowest BCUT2D eigenvalue weighted by Gasteiger charge is -2.12. The first-order valence-corrected chi connectivity index (χ1v) is 7.67. The van der Waals surface area contributed by atoms with Crippen LogP contribution in [-0.4, -0.2) is 20.7 Å². The van der Waals surface area contributed by atoms with Crippen LogP contribution in [0, 0.1) is 5.82 Å². The average molecular weight is 365 g/mol. The number of nitrogens with zero attached hydrogens (tertiary/aromatic N) is 3. The molecule has 122 valence electrons. The van der Waals surface area contributed by atoms with Gasteiger partial charge in [-0.05, 0) is 30.3 Å². The first-order chi connectivity index (χ1) is 11.5. The zero-order valence-corrected chi connectivity index (χ0v) is 13.7. The fourth-order valence-corrected chi connectivity index (χ4v) is 2.60. The third kappa shape index (κ3) is 3.55. The average Bonchev–Trinajstić information content (AvgIpc) is 3.05. The van der Waals surface area contributed by atoms with Crippen molar-refractivity contribution in [1.82, 2.24) is 14.8 Å². The number of rotatable bonds is 4. The van der Waals surface area contributed by atoms with Gasteiger partial charge in [0.1, 0.15) is 18.5 Å². The van der Waals surface area contributed by atoms with Gasteiger partial charge in [-0.25, -0.2) is 14.1 Å². The minimum atomic E-state index is -0.528. The number of nitrogens with one attached hydrogen (secondary N) is 1. The maximum absolute atomic E-state index is 13.8. The van der Waals surface area contributed by atoms with E-state index in [9.17, 15) is 9.18 Å². The minimum Gasteiger partial charge on any atom is -0.324 e. The molecule has 0 fully saturated rings. The van der Waals surface area contributed by atoms with Crippen LogP contribution in [-0.2, 0) is 11.2 Å². The van der Waals surface area contributed by atoms with Gasteiger partial charge in [-0.15, -0.1) is 0 Å². The Morgan fingerprint density at radius 2 is 2.08 bits per heavy atom. The maximum Gasteiger partial charge on any atom is 0.229 e. The van der Waals surface area contributed by atoms with Crippen molar-refractivity contribution >= 4 is 34.8 Å². The molecule has 0 bridgehead atoms. The molecule has 1 amide bonds. The van der Waals surface area contributed by atoms with Crippen LogP contribution < -0.4 is 5.32 Å². The zero-order valence-electron chi connectivity index (χ0n) is 12.2. The van der Waals surface area contributed by atoms with Gasteiger partial charge >= 0.3 is 0 Å². The van der Waals surface area contributed by atoms with Gasteiger partial charge in [0, 0.05) is 15.6 Å². The van der Waals surface area contributed by atoms with E-state index in [1.54, 1.807) is 18.2 Å². The summed E-state index contributed by atoms with van der Waals surface area (Å²) in [4.78, 5) is 16.2. The number of hydrogen-bond acceptors (Lipinski definition) is 3. The lowest BCUT2D eigenvalue weighted by molar-refractivity contribution is -0.115. The minimum absolute atomic E-state index is 0.140. The topological polar surface area (TPSA) is 59.8 Å². The number of aromatic nitrogens is 3. The molecule has 0 saturated heterocycles. The lowest BCUT2D eigenvalue weighted by atomic mass is 10.1. The van der Waals surface area contributed by atoms with Crippen LogP contribution in [0.3, 0.4) is 0 Å². The number of hydrogen-bond donors (Lipinski definition) is 1. The molecule has 0 aliphatic heterocycles. The second-order valence-corrected chi connectivity index (χ2v) is 5.77. The van der Waals surface area contributed by atoms with Gasteiger partial charge < -0.3 is 5.32 Å². The van der Waals surface area contributed by atoms with E-state index >= 15 is 0 Å². The van der Waals surface area contributed by atoms with Crippen molar-refractivity contribution in [3.63, 3.8) is 0 Å². The number of carbonyl (C=O) groups excluding carboxylic acids is 1. The molecule has 3 aromatic rings. The Labute approximate surface area is 147 Å². The second-order valence-electron chi connectivity index (χ2n) is 4.93. The van der Waals surface area contributed by atoms with Crippen molar-refractivity contribution in [3.05, 3.63) is 70.5 Å². The molecule has 0 unspecified atom stereocenters. The van der Waals surface area contributed by atoms with Gasteiger partial charge in [0.05, 0.1) is 17.8 Å². The van der Waals surface area contributed by atoms with Crippen molar-refractivity contribution in [1.29, 1.82) is 0 Å². The highest BCUT2D eigenvalue weighted by Gasteiger charge is 2.14. The Balaban J connectivity index is 1.86. The van der Waals surface area contributed by atoms with Crippen LogP contribution in [0.2, 0.25) is 10.0 Å². The fourth-order valence-electron chi connectivity index (χ4n) is 2.20. The van der Waals surface area contributed by atoms with Crippen molar-refractivity contribution in [2.75, 3.05) is 5.32 Å². The normalized spacial score (nSPS) is 10.6. The Bertz CT molecular complexity index is 864. The molecular weight excluding hydrogens is 354 g/mol. The molecule has 5 nitrogen and oxygen atoms in total. The number of anilines is 1. The van der Waals surface area contributed by atoms with Gasteiger partial charge in [-0.2, -0.15) is 5.10 Å². The molecule has 1 aromatic heterocycles. The van der Waals surface area contributed by atoms with E-state index in [0.717, 1.165) is 0 Å². The smallest absolute Gasteiger partial charge is 0.229 e. The van der Waals surface area contributed by atoms with Gasteiger partial charge in [-0.1, -0.05) is 29.3 Å². The van der Waals surface area contributed by atoms with Crippen LogP contribution in [0.1, 0.15) is 5.56 Å². The van der Waals surface area contributed by atoms with Crippen molar-refractivity contribution in [2.45, 2.75) is 6.42 Å². The summed E-state index contributed by atoms with van der Waals surface area (Å²) < 4.78 is 15.3. The summed E-state index contributed by atoms with van der Waals surface area (Å²) in [5, 5.41) is 7.38. The fraction of sp³-hybridized carbons (Fsp3) is 0.0625. The van der Waals surface area contributed by atoms with Crippen LogP contribution in [0.4, 0.5) is 10.1 Å². The molecule has 0 aliphatic rings. The molecule has 0 radical (unpaired) electrons. The molecule has 2 aromatic carbocycles. The Kier molecular flexibility index (Phi) is 4.78. The zero-order chi connectivity index (χ0) is 17.1. The highest BCUT2D eigenvalue weighted by molar-refractivity contribution is 6.31. The highest BCUT2D eigenvalue weighted by atomic mass is 35.5. The van der Waals surface area contributed by atoms with Gasteiger partial charge in [0.2, 0.25) is 5.91 Å². The molecule has 0 aliphatic carbocycles. The van der Waals surface area contributed by atoms with E-state index in [2.05, 4.69) is 15.4 Å². The van der Waals surface area contributed by atoms with E-state index in [-0.39, 0.29) is 17.0 Å². The van der Waals surface area contributed by atoms with E-state index in [1.807, 2.05) is 0 Å². The van der Waals surface area contributed by atoms with Crippen LogP contribution >= 0.6 is 23.2 Å². The van der Waals surface area contributed by atoms with Crippen LogP contribution in [0.5, 0.6) is 0 Å². The first kappa shape index (κ1) is 16.4. The van der Waals surface area contributed by atoms with Crippen molar-refractivity contribution in [3.8, 4) is 5.69 Å². The third-order valence-corrected chi connectivity index (χ3v) is 3.89. The molecule has 3 rings (SSSR count). The van der Waals surface area contributed by atoms with Gasteiger partial charge in [0.25, 0.3) is 0 Å². The predicted octanol–water partition coefficient (Wildman–Crippen LogP) is 3.89. The summed E-state index contributed by atoms with van der Waals surface area (Å²) in [7, 11) is 0. The number of carbonyl (C=O) groups is 1. The standard InChI is InChI=1S/C16H11Cl2FN4O/c17-10-4-5-15(23-9-20-8-21-23)14(6-10)22-16(24)7-11-12(18)2-1-3-13(11)19/h1-6,8-9H,7H2,(H,22,24). The number of halogens is 3. The second kappa shape index (κ2) is 6.98. The highest BCUT2D eigenvalue weighted by Crippen LogP contribution is 2.25. The number of amides is 1. The Morgan fingerprint density at radius 1 is 1.25 bits per heavy atom. The van der Waals surface area contributed by atoms with E-state index in [4.69, 9.17) is 23.2 Å². The van der Waals surface area contributed by atoms with Gasteiger partial charge in [0.15, 0.2) is 0 Å². The summed E-state index contributed by atoms with van der Waals surface area (Å²) in [5.74, 6) is -0.953. The van der Waals surface area contributed by atoms with E-state index < -0.39 is 11.7 Å². The van der Waals surface area contributed by atoms with Crippen molar-refractivity contribution < 1.29 is 9.18 Å². The van der Waals surface area contributed by atoms with Crippen molar-refractivity contribution in [2.24, 2.45) is 0 Å². The van der Waals surface area contributed by atoms with Crippen LogP contribution in [0.15, 0.2) is 49.1 Å². The third-order valence-electron chi connectivity index (χ3n) is 3.30. The quantitative estimate of drug-likeness (QED) is 0.763.